The largest absolute Gasteiger partial charge is 0.358 e. The molecule has 0 saturated heterocycles. The molecule has 25 heavy (non-hydrogen) atoms. The van der Waals surface area contributed by atoms with Crippen molar-refractivity contribution in [3.63, 3.8) is 0 Å². The molecule has 2 nitrogen and oxygen atoms in total. The normalized spacial score (nSPS) is 21.5. The van der Waals surface area contributed by atoms with Crippen molar-refractivity contribution < 1.29 is 4.79 Å². The van der Waals surface area contributed by atoms with Gasteiger partial charge in [0.1, 0.15) is 5.78 Å². The zero-order valence-corrected chi connectivity index (χ0v) is 15.1. The van der Waals surface area contributed by atoms with Crippen molar-refractivity contribution in [2.75, 3.05) is 5.32 Å². The maximum Gasteiger partial charge on any atom is 0.146 e. The van der Waals surface area contributed by atoms with E-state index in [0.29, 0.717) is 12.2 Å². The van der Waals surface area contributed by atoms with Gasteiger partial charge in [-0.05, 0) is 40.1 Å². The molecule has 3 aromatic rings. The summed E-state index contributed by atoms with van der Waals surface area (Å²) < 4.78 is 1.05. The average molecular weight is 390 g/mol. The Morgan fingerprint density at radius 2 is 1.72 bits per heavy atom. The highest BCUT2D eigenvalue weighted by atomic mass is 79.9. The summed E-state index contributed by atoms with van der Waals surface area (Å²) in [6.45, 7) is 0. The molecule has 3 heteroatoms. The minimum atomic E-state index is -0.112. The number of allylic oxidation sites excluding steroid dienone is 2. The highest BCUT2D eigenvalue weighted by molar-refractivity contribution is 9.10. The number of anilines is 1. The highest BCUT2D eigenvalue weighted by Crippen LogP contribution is 2.49. The number of rotatable bonds is 1. The third kappa shape index (κ3) is 2.26. The van der Waals surface area contributed by atoms with Crippen LogP contribution in [0.1, 0.15) is 23.5 Å². The Labute approximate surface area is 154 Å². The third-order valence-electron chi connectivity index (χ3n) is 5.33. The van der Waals surface area contributed by atoms with Crippen molar-refractivity contribution in [1.82, 2.24) is 0 Å². The molecule has 0 amide bonds. The Bertz CT molecular complexity index is 1040. The van der Waals surface area contributed by atoms with E-state index in [1.165, 1.54) is 21.9 Å². The van der Waals surface area contributed by atoms with Crippen LogP contribution in [0.4, 0.5) is 5.69 Å². The van der Waals surface area contributed by atoms with Gasteiger partial charge in [0, 0.05) is 28.2 Å². The molecular weight excluding hydrogens is 374 g/mol. The Morgan fingerprint density at radius 1 is 0.920 bits per heavy atom. The summed E-state index contributed by atoms with van der Waals surface area (Å²) in [6, 6.07) is 21.1. The lowest BCUT2D eigenvalue weighted by Gasteiger charge is -2.34. The molecule has 1 N–H and O–H groups in total. The second-order valence-corrected chi connectivity index (χ2v) is 7.63. The van der Waals surface area contributed by atoms with E-state index in [2.05, 4.69) is 88.0 Å². The summed E-state index contributed by atoms with van der Waals surface area (Å²) in [5, 5.41) is 5.96. The first kappa shape index (κ1) is 14.9. The number of hydrogen-bond donors (Lipinski definition) is 1. The second-order valence-electron chi connectivity index (χ2n) is 6.71. The Balaban J connectivity index is 1.82. The average Bonchev–Trinajstić information content (AvgIpc) is 3.01. The van der Waals surface area contributed by atoms with Gasteiger partial charge in [0.2, 0.25) is 0 Å². The molecule has 2 atom stereocenters. The molecule has 1 heterocycles. The van der Waals surface area contributed by atoms with Gasteiger partial charge in [-0.25, -0.2) is 0 Å². The molecule has 122 valence electrons. The summed E-state index contributed by atoms with van der Waals surface area (Å²) in [4.78, 5) is 12.7. The van der Waals surface area contributed by atoms with Crippen molar-refractivity contribution in [1.29, 1.82) is 0 Å². The van der Waals surface area contributed by atoms with Crippen LogP contribution < -0.4 is 5.32 Å². The van der Waals surface area contributed by atoms with E-state index in [1.807, 2.05) is 0 Å². The molecule has 5 rings (SSSR count). The lowest BCUT2D eigenvalue weighted by molar-refractivity contribution is -0.120. The summed E-state index contributed by atoms with van der Waals surface area (Å²) in [5.74, 6) is 0.241. The van der Waals surface area contributed by atoms with Crippen LogP contribution in [0.2, 0.25) is 0 Å². The van der Waals surface area contributed by atoms with E-state index in [1.54, 1.807) is 0 Å². The molecule has 0 bridgehead atoms. The second kappa shape index (κ2) is 5.57. The number of ketones is 1. The van der Waals surface area contributed by atoms with Crippen LogP contribution in [0.25, 0.3) is 10.8 Å². The van der Waals surface area contributed by atoms with Crippen molar-refractivity contribution in [3.05, 3.63) is 88.0 Å². The van der Waals surface area contributed by atoms with Gasteiger partial charge in [-0.15, -0.1) is 0 Å². The number of hydrogen-bond acceptors (Lipinski definition) is 2. The van der Waals surface area contributed by atoms with Crippen LogP contribution in [0.15, 0.2) is 76.9 Å². The van der Waals surface area contributed by atoms with Gasteiger partial charge in [0.05, 0.1) is 5.92 Å². The maximum atomic E-state index is 12.7. The molecule has 0 spiro atoms. The molecule has 0 aromatic heterocycles. The van der Waals surface area contributed by atoms with Crippen LogP contribution >= 0.6 is 15.9 Å². The lowest BCUT2D eigenvalue weighted by atomic mass is 9.74. The fourth-order valence-electron chi connectivity index (χ4n) is 4.22. The standard InChI is InChI=1S/C22H16BrNO/c23-15-8-5-14(6-9-15)20-21-16-4-2-1-3-13(16)7-10-17(21)24-18-11-12-19(25)22(18)20/h1-11,20,22,24H,12H2/t20-,22+/m1/s1. The van der Waals surface area contributed by atoms with E-state index in [-0.39, 0.29) is 11.8 Å². The molecule has 1 aliphatic heterocycles. The topological polar surface area (TPSA) is 29.1 Å². The number of carbonyl (C=O) groups is 1. The zero-order valence-electron chi connectivity index (χ0n) is 13.5. The van der Waals surface area contributed by atoms with Crippen molar-refractivity contribution in [2.24, 2.45) is 5.92 Å². The zero-order chi connectivity index (χ0) is 17.0. The Hall–Kier alpha value is -2.39. The smallest absolute Gasteiger partial charge is 0.146 e. The van der Waals surface area contributed by atoms with Crippen LogP contribution in [0.5, 0.6) is 0 Å². The van der Waals surface area contributed by atoms with Crippen LogP contribution in [-0.2, 0) is 4.79 Å². The molecule has 0 radical (unpaired) electrons. The predicted octanol–water partition coefficient (Wildman–Crippen LogP) is 5.63. The first-order valence-electron chi connectivity index (χ1n) is 8.49. The molecule has 0 fully saturated rings. The quantitative estimate of drug-likeness (QED) is 0.583. The molecule has 1 aliphatic carbocycles. The molecule has 0 unspecified atom stereocenters. The number of nitrogens with one attached hydrogen (secondary N) is 1. The summed E-state index contributed by atoms with van der Waals surface area (Å²) in [6.07, 6.45) is 2.57. The van der Waals surface area contributed by atoms with Crippen LogP contribution in [0, 0.1) is 5.92 Å². The van der Waals surface area contributed by atoms with E-state index in [0.717, 1.165) is 15.9 Å². The molecular formula is C22H16BrNO. The molecule has 2 aliphatic rings. The maximum absolute atomic E-state index is 12.7. The monoisotopic (exact) mass is 389 g/mol. The lowest BCUT2D eigenvalue weighted by Crippen LogP contribution is -2.29. The molecule has 0 saturated carbocycles. The number of benzene rings is 3. The number of fused-ring (bicyclic) bond motifs is 4. The van der Waals surface area contributed by atoms with Crippen LogP contribution in [-0.4, -0.2) is 5.78 Å². The van der Waals surface area contributed by atoms with Gasteiger partial charge < -0.3 is 5.32 Å². The fourth-order valence-corrected chi connectivity index (χ4v) is 4.49. The number of halogens is 1. The number of carbonyl (C=O) groups excluding carboxylic acids is 1. The number of Topliss-reactive ketones (excluding diaryl/α,β-unsaturated/α-hetero) is 1. The van der Waals surface area contributed by atoms with Gasteiger partial charge in [0.15, 0.2) is 0 Å². The van der Waals surface area contributed by atoms with Crippen molar-refractivity contribution in [2.45, 2.75) is 12.3 Å². The van der Waals surface area contributed by atoms with Gasteiger partial charge in [-0.1, -0.05) is 64.5 Å². The van der Waals surface area contributed by atoms with Crippen molar-refractivity contribution in [3.8, 4) is 0 Å². The summed E-state index contributed by atoms with van der Waals surface area (Å²) in [5.41, 5.74) is 4.59. The van der Waals surface area contributed by atoms with Gasteiger partial charge in [-0.2, -0.15) is 0 Å². The van der Waals surface area contributed by atoms with Gasteiger partial charge in [0.25, 0.3) is 0 Å². The van der Waals surface area contributed by atoms with E-state index in [4.69, 9.17) is 0 Å². The highest BCUT2D eigenvalue weighted by Gasteiger charge is 2.41. The van der Waals surface area contributed by atoms with E-state index < -0.39 is 0 Å². The Kier molecular flexibility index (Phi) is 3.32. The minimum Gasteiger partial charge on any atom is -0.358 e. The van der Waals surface area contributed by atoms with E-state index >= 15 is 0 Å². The van der Waals surface area contributed by atoms with E-state index in [9.17, 15) is 4.79 Å². The summed E-state index contributed by atoms with van der Waals surface area (Å²) in [7, 11) is 0. The first-order valence-corrected chi connectivity index (χ1v) is 9.28. The fraction of sp³-hybridized carbons (Fsp3) is 0.136. The minimum absolute atomic E-state index is 0.0525. The van der Waals surface area contributed by atoms with Gasteiger partial charge >= 0.3 is 0 Å². The predicted molar refractivity (Wildman–Crippen MR) is 105 cm³/mol. The Morgan fingerprint density at radius 3 is 2.56 bits per heavy atom. The van der Waals surface area contributed by atoms with Crippen LogP contribution in [0.3, 0.4) is 0 Å². The SMILES string of the molecule is O=C1CC=C2Nc3ccc4ccccc4c3[C@@H](c3ccc(Br)cc3)[C@H]12. The summed E-state index contributed by atoms with van der Waals surface area (Å²) >= 11 is 3.52. The third-order valence-corrected chi connectivity index (χ3v) is 5.86. The molecule has 3 aromatic carbocycles. The van der Waals surface area contributed by atoms with Crippen molar-refractivity contribution >= 4 is 38.2 Å². The first-order chi connectivity index (χ1) is 12.2. The van der Waals surface area contributed by atoms with Gasteiger partial charge in [-0.3, -0.25) is 4.79 Å².